The number of hydrogen-bond acceptors (Lipinski definition) is 5. The zero-order valence-electron chi connectivity index (χ0n) is 14.8. The molecule has 27 heavy (non-hydrogen) atoms. The van der Waals surface area contributed by atoms with E-state index in [2.05, 4.69) is 15.3 Å². The van der Waals surface area contributed by atoms with Crippen LogP contribution in [-0.2, 0) is 17.9 Å². The topological polar surface area (TPSA) is 87.0 Å². The van der Waals surface area contributed by atoms with Crippen molar-refractivity contribution in [1.82, 2.24) is 24.3 Å². The molecule has 4 rings (SSSR count). The number of aliphatic hydroxyl groups is 1. The molecule has 0 unspecified atom stereocenters. The fourth-order valence-corrected chi connectivity index (χ4v) is 3.34. The monoisotopic (exact) mass is 389 g/mol. The van der Waals surface area contributed by atoms with Crippen LogP contribution in [0.15, 0.2) is 47.8 Å². The van der Waals surface area contributed by atoms with Crippen molar-refractivity contribution in [3.05, 3.63) is 65.4 Å². The van der Waals surface area contributed by atoms with Crippen LogP contribution >= 0.6 is 11.9 Å². The number of aryl methyl sites for hydroxylation is 1. The molecule has 0 bridgehead atoms. The molecule has 7 nitrogen and oxygen atoms in total. The molecule has 3 aromatic rings. The molecular formula is C18H20FN5O2S. The van der Waals surface area contributed by atoms with Crippen LogP contribution in [0.2, 0.25) is 0 Å². The van der Waals surface area contributed by atoms with E-state index in [0.29, 0.717) is 13.1 Å². The first-order chi connectivity index (χ1) is 13.1. The van der Waals surface area contributed by atoms with E-state index in [1.807, 2.05) is 13.1 Å². The lowest BCUT2D eigenvalue weighted by molar-refractivity contribution is -0.132. The first kappa shape index (κ1) is 19.1. The minimum atomic E-state index is -0.178. The molecule has 3 heterocycles. The Hall–Kier alpha value is -2.65. The summed E-state index contributed by atoms with van der Waals surface area (Å²) >= 11 is 1.47. The molecule has 9 heteroatoms. The number of aliphatic hydroxyl groups excluding tert-OH is 1. The Bertz CT molecular complexity index is 873. The van der Waals surface area contributed by atoms with Gasteiger partial charge in [-0.15, -0.1) is 0 Å². The zero-order chi connectivity index (χ0) is 19.2. The van der Waals surface area contributed by atoms with Gasteiger partial charge in [0.25, 0.3) is 0 Å². The van der Waals surface area contributed by atoms with E-state index in [4.69, 9.17) is 5.11 Å². The molecular weight excluding hydrogens is 369 g/mol. The van der Waals surface area contributed by atoms with E-state index in [1.165, 1.54) is 24.1 Å². The maximum absolute atomic E-state index is 11.9. The second kappa shape index (κ2) is 8.83. The molecule has 0 spiro atoms. The fraction of sp³-hybridized carbons (Fsp3) is 0.278. The molecule has 0 aliphatic carbocycles. The average Bonchev–Trinajstić information content (AvgIpc) is 3.32. The average molecular weight is 389 g/mol. The molecule has 1 aromatic carbocycles. The summed E-state index contributed by atoms with van der Waals surface area (Å²) in [5.74, 6) is -0.211. The van der Waals surface area contributed by atoms with Crippen molar-refractivity contribution >= 4 is 17.9 Å². The standard InChI is InChI=1S/C12H15N5O2S.C6H5F/c1-8-4-13-14-12(8)20-17-6-9-5-16(7-10(9)15-17)11(19)2-3-18;7-6-4-2-1-3-5-6/h4,6,18H,2-3,5,7H2,1H3,(H,13,14);1-5H. The van der Waals surface area contributed by atoms with Gasteiger partial charge in [-0.3, -0.25) is 9.89 Å². The summed E-state index contributed by atoms with van der Waals surface area (Å²) in [7, 11) is 0. The van der Waals surface area contributed by atoms with Crippen LogP contribution in [0.25, 0.3) is 0 Å². The van der Waals surface area contributed by atoms with Gasteiger partial charge >= 0.3 is 0 Å². The van der Waals surface area contributed by atoms with Crippen molar-refractivity contribution in [1.29, 1.82) is 0 Å². The molecule has 2 aromatic heterocycles. The summed E-state index contributed by atoms with van der Waals surface area (Å²) in [6.07, 6.45) is 3.88. The summed E-state index contributed by atoms with van der Waals surface area (Å²) in [5, 5.41) is 21.1. The van der Waals surface area contributed by atoms with E-state index >= 15 is 0 Å². The lowest BCUT2D eigenvalue weighted by atomic mass is 10.3. The van der Waals surface area contributed by atoms with Crippen molar-refractivity contribution in [3.63, 3.8) is 0 Å². The number of hydrogen-bond donors (Lipinski definition) is 2. The first-order valence-electron chi connectivity index (χ1n) is 8.41. The lowest BCUT2D eigenvalue weighted by Crippen LogP contribution is -2.26. The summed E-state index contributed by atoms with van der Waals surface area (Å²) in [5.41, 5.74) is 3.05. The minimum Gasteiger partial charge on any atom is -0.396 e. The van der Waals surface area contributed by atoms with Gasteiger partial charge in [-0.25, -0.2) is 8.48 Å². The Balaban J connectivity index is 0.000000253. The number of carbonyl (C=O) groups excluding carboxylic acids is 1. The van der Waals surface area contributed by atoms with Crippen LogP contribution in [0.3, 0.4) is 0 Å². The van der Waals surface area contributed by atoms with Crippen molar-refractivity contribution in [2.24, 2.45) is 0 Å². The van der Waals surface area contributed by atoms with Gasteiger partial charge in [0, 0.05) is 42.2 Å². The van der Waals surface area contributed by atoms with Gasteiger partial charge in [0.1, 0.15) is 10.8 Å². The highest BCUT2D eigenvalue weighted by atomic mass is 32.2. The second-order valence-electron chi connectivity index (χ2n) is 6.00. The number of nitrogens with zero attached hydrogens (tertiary/aromatic N) is 4. The van der Waals surface area contributed by atoms with E-state index in [9.17, 15) is 9.18 Å². The largest absolute Gasteiger partial charge is 0.396 e. The molecule has 1 aliphatic heterocycles. The van der Waals surface area contributed by atoms with Crippen LogP contribution in [-0.4, -0.2) is 41.9 Å². The second-order valence-corrected chi connectivity index (χ2v) is 6.96. The zero-order valence-corrected chi connectivity index (χ0v) is 15.6. The Morgan fingerprint density at radius 3 is 2.67 bits per heavy atom. The van der Waals surface area contributed by atoms with Crippen molar-refractivity contribution < 1.29 is 14.3 Å². The number of aromatic nitrogens is 4. The van der Waals surface area contributed by atoms with Gasteiger partial charge in [0.05, 0.1) is 25.0 Å². The predicted octanol–water partition coefficient (Wildman–Crippen LogP) is 2.52. The van der Waals surface area contributed by atoms with E-state index in [0.717, 1.165) is 21.8 Å². The maximum atomic E-state index is 11.9. The third-order valence-corrected chi connectivity index (χ3v) is 4.91. The van der Waals surface area contributed by atoms with Gasteiger partial charge in [-0.2, -0.15) is 10.2 Å². The summed E-state index contributed by atoms with van der Waals surface area (Å²) in [6.45, 7) is 2.96. The van der Waals surface area contributed by atoms with E-state index in [1.54, 1.807) is 33.4 Å². The summed E-state index contributed by atoms with van der Waals surface area (Å²) in [6, 6.07) is 7.94. The number of H-pyrrole nitrogens is 1. The Morgan fingerprint density at radius 1 is 1.33 bits per heavy atom. The van der Waals surface area contributed by atoms with Gasteiger partial charge < -0.3 is 10.0 Å². The van der Waals surface area contributed by atoms with Crippen LogP contribution < -0.4 is 0 Å². The summed E-state index contributed by atoms with van der Waals surface area (Å²) < 4.78 is 13.7. The highest BCUT2D eigenvalue weighted by Gasteiger charge is 2.26. The van der Waals surface area contributed by atoms with Crippen molar-refractivity contribution in [2.45, 2.75) is 31.5 Å². The molecule has 0 saturated heterocycles. The molecule has 0 saturated carbocycles. The van der Waals surface area contributed by atoms with Crippen LogP contribution in [0, 0.1) is 12.7 Å². The quantitative estimate of drug-likeness (QED) is 0.716. The molecule has 1 aliphatic rings. The van der Waals surface area contributed by atoms with Crippen molar-refractivity contribution in [3.8, 4) is 0 Å². The maximum Gasteiger partial charge on any atom is 0.225 e. The number of fused-ring (bicyclic) bond motifs is 1. The highest BCUT2D eigenvalue weighted by molar-refractivity contribution is 7.97. The molecule has 0 fully saturated rings. The Labute approximate surface area is 160 Å². The number of amides is 1. The number of benzene rings is 1. The number of halogens is 1. The smallest absolute Gasteiger partial charge is 0.225 e. The van der Waals surface area contributed by atoms with E-state index < -0.39 is 0 Å². The third-order valence-electron chi connectivity index (χ3n) is 3.94. The number of carbonyl (C=O) groups is 1. The molecule has 1 amide bonds. The highest BCUT2D eigenvalue weighted by Crippen LogP contribution is 2.26. The van der Waals surface area contributed by atoms with Gasteiger partial charge in [0.15, 0.2) is 0 Å². The molecule has 2 N–H and O–H groups in total. The van der Waals surface area contributed by atoms with Crippen molar-refractivity contribution in [2.75, 3.05) is 6.61 Å². The molecule has 0 radical (unpaired) electrons. The van der Waals surface area contributed by atoms with Crippen LogP contribution in [0.5, 0.6) is 0 Å². The van der Waals surface area contributed by atoms with Crippen LogP contribution in [0.1, 0.15) is 23.2 Å². The van der Waals surface area contributed by atoms with Gasteiger partial charge in [-0.05, 0) is 19.1 Å². The first-order valence-corrected chi connectivity index (χ1v) is 9.19. The third kappa shape index (κ3) is 4.95. The Kier molecular flexibility index (Phi) is 6.25. The number of nitrogens with one attached hydrogen (secondary N) is 1. The van der Waals surface area contributed by atoms with Crippen LogP contribution in [0.4, 0.5) is 4.39 Å². The molecule has 142 valence electrons. The lowest BCUT2D eigenvalue weighted by Gasteiger charge is -2.14. The number of aromatic amines is 1. The van der Waals surface area contributed by atoms with E-state index in [-0.39, 0.29) is 24.8 Å². The SMILES string of the molecule is Cc1cn[nH]c1Sn1cc2c(n1)CN(C(=O)CCO)C2.Fc1ccccc1. The summed E-state index contributed by atoms with van der Waals surface area (Å²) in [4.78, 5) is 13.4. The normalized spacial score (nSPS) is 12.5. The minimum absolute atomic E-state index is 0.0332. The molecule has 0 atom stereocenters. The number of rotatable bonds is 4. The van der Waals surface area contributed by atoms with Gasteiger partial charge in [-0.1, -0.05) is 18.2 Å². The van der Waals surface area contributed by atoms with Gasteiger partial charge in [0.2, 0.25) is 5.91 Å². The Morgan fingerprint density at radius 2 is 2.11 bits per heavy atom. The predicted molar refractivity (Wildman–Crippen MR) is 99.2 cm³/mol. The fourth-order valence-electron chi connectivity index (χ4n) is 2.54.